The Morgan fingerprint density at radius 2 is 1.65 bits per heavy atom. The number of likely N-dealkylation sites (tertiary alicyclic amines) is 1. The highest BCUT2D eigenvalue weighted by molar-refractivity contribution is 5.44. The zero-order valence-corrected chi connectivity index (χ0v) is 10.9. The number of benzene rings is 1. The summed E-state index contributed by atoms with van der Waals surface area (Å²) in [7, 11) is 0. The van der Waals surface area contributed by atoms with Gasteiger partial charge in [-0.1, -0.05) is 30.5 Å². The topological polar surface area (TPSA) is 15.3 Å². The Kier molecular flexibility index (Phi) is 4.87. The Morgan fingerprint density at radius 3 is 2.29 bits per heavy atom. The monoisotopic (exact) mass is 232 g/mol. The fourth-order valence-corrected chi connectivity index (χ4v) is 2.39. The quantitative estimate of drug-likeness (QED) is 0.857. The molecule has 0 spiro atoms. The third kappa shape index (κ3) is 4.39. The number of anilines is 1. The van der Waals surface area contributed by atoms with Gasteiger partial charge in [0.25, 0.3) is 0 Å². The minimum Gasteiger partial charge on any atom is -0.384 e. The molecule has 17 heavy (non-hydrogen) atoms. The molecule has 0 aliphatic carbocycles. The Bertz CT molecular complexity index is 310. The second-order valence-electron chi connectivity index (χ2n) is 5.05. The molecule has 1 N–H and O–H groups in total. The summed E-state index contributed by atoms with van der Waals surface area (Å²) in [6, 6.07) is 8.65. The van der Waals surface area contributed by atoms with Crippen molar-refractivity contribution in [2.45, 2.75) is 32.6 Å². The van der Waals surface area contributed by atoms with Gasteiger partial charge in [0.15, 0.2) is 0 Å². The minimum absolute atomic E-state index is 1.06. The Hall–Kier alpha value is -1.02. The summed E-state index contributed by atoms with van der Waals surface area (Å²) in [5, 5.41) is 3.50. The zero-order chi connectivity index (χ0) is 11.9. The van der Waals surface area contributed by atoms with Crippen LogP contribution >= 0.6 is 0 Å². The largest absolute Gasteiger partial charge is 0.384 e. The van der Waals surface area contributed by atoms with Crippen LogP contribution in [0.3, 0.4) is 0 Å². The molecule has 0 unspecified atom stereocenters. The lowest BCUT2D eigenvalue weighted by atomic mass is 10.2. The summed E-state index contributed by atoms with van der Waals surface area (Å²) in [6.45, 7) is 6.93. The number of rotatable bonds is 4. The van der Waals surface area contributed by atoms with Crippen molar-refractivity contribution in [3.63, 3.8) is 0 Å². The van der Waals surface area contributed by atoms with E-state index in [1.807, 2.05) is 0 Å². The Morgan fingerprint density at radius 1 is 1.00 bits per heavy atom. The van der Waals surface area contributed by atoms with Crippen molar-refractivity contribution in [1.29, 1.82) is 0 Å². The molecule has 0 amide bonds. The van der Waals surface area contributed by atoms with Gasteiger partial charge in [0.05, 0.1) is 0 Å². The van der Waals surface area contributed by atoms with Crippen LogP contribution in [-0.2, 0) is 0 Å². The molecule has 2 heteroatoms. The van der Waals surface area contributed by atoms with Gasteiger partial charge >= 0.3 is 0 Å². The van der Waals surface area contributed by atoms with E-state index in [9.17, 15) is 0 Å². The van der Waals surface area contributed by atoms with Crippen LogP contribution in [-0.4, -0.2) is 31.1 Å². The van der Waals surface area contributed by atoms with Gasteiger partial charge in [-0.15, -0.1) is 0 Å². The molecular weight excluding hydrogens is 208 g/mol. The lowest BCUT2D eigenvalue weighted by Crippen LogP contribution is -2.29. The summed E-state index contributed by atoms with van der Waals surface area (Å²) >= 11 is 0. The fraction of sp³-hybridized carbons (Fsp3) is 0.600. The number of hydrogen-bond acceptors (Lipinski definition) is 2. The van der Waals surface area contributed by atoms with Gasteiger partial charge < -0.3 is 10.2 Å². The maximum absolute atomic E-state index is 3.50. The molecule has 1 saturated heterocycles. The molecule has 0 atom stereocenters. The van der Waals surface area contributed by atoms with Crippen molar-refractivity contribution in [2.75, 3.05) is 31.5 Å². The summed E-state index contributed by atoms with van der Waals surface area (Å²) in [5.74, 6) is 0. The fourth-order valence-electron chi connectivity index (χ4n) is 2.39. The molecule has 1 heterocycles. The first-order chi connectivity index (χ1) is 8.34. The highest BCUT2D eigenvalue weighted by Crippen LogP contribution is 2.10. The van der Waals surface area contributed by atoms with Crippen molar-refractivity contribution in [2.24, 2.45) is 0 Å². The van der Waals surface area contributed by atoms with Crippen LogP contribution < -0.4 is 5.32 Å². The molecule has 1 aromatic carbocycles. The summed E-state index contributed by atoms with van der Waals surface area (Å²) in [6.07, 6.45) is 5.60. The van der Waals surface area contributed by atoms with E-state index in [-0.39, 0.29) is 0 Å². The van der Waals surface area contributed by atoms with E-state index in [0.29, 0.717) is 0 Å². The van der Waals surface area contributed by atoms with Crippen LogP contribution in [0, 0.1) is 6.92 Å². The van der Waals surface area contributed by atoms with Gasteiger partial charge in [0, 0.05) is 18.8 Å². The maximum atomic E-state index is 3.50. The molecule has 2 rings (SSSR count). The second kappa shape index (κ2) is 6.65. The second-order valence-corrected chi connectivity index (χ2v) is 5.05. The Balaban J connectivity index is 1.69. The molecular formula is C15H24N2. The van der Waals surface area contributed by atoms with Gasteiger partial charge in [0.2, 0.25) is 0 Å². The highest BCUT2D eigenvalue weighted by atomic mass is 15.1. The Labute approximate surface area is 105 Å². The van der Waals surface area contributed by atoms with E-state index >= 15 is 0 Å². The van der Waals surface area contributed by atoms with E-state index in [1.165, 1.54) is 56.6 Å². The van der Waals surface area contributed by atoms with Crippen molar-refractivity contribution in [1.82, 2.24) is 4.90 Å². The average Bonchev–Trinajstić information content (AvgIpc) is 2.60. The molecule has 1 aliphatic rings. The van der Waals surface area contributed by atoms with Crippen molar-refractivity contribution in [3.8, 4) is 0 Å². The third-order valence-electron chi connectivity index (χ3n) is 3.51. The van der Waals surface area contributed by atoms with Crippen LogP contribution in [0.15, 0.2) is 24.3 Å². The summed E-state index contributed by atoms with van der Waals surface area (Å²) in [5.41, 5.74) is 2.56. The van der Waals surface area contributed by atoms with E-state index in [1.54, 1.807) is 0 Å². The number of nitrogens with zero attached hydrogens (tertiary/aromatic N) is 1. The predicted molar refractivity (Wildman–Crippen MR) is 74.6 cm³/mol. The first-order valence-electron chi connectivity index (χ1n) is 6.87. The van der Waals surface area contributed by atoms with E-state index < -0.39 is 0 Å². The molecule has 2 nitrogen and oxygen atoms in total. The van der Waals surface area contributed by atoms with Crippen LogP contribution in [0.1, 0.15) is 31.2 Å². The van der Waals surface area contributed by atoms with Crippen LogP contribution in [0.4, 0.5) is 5.69 Å². The van der Waals surface area contributed by atoms with E-state index in [2.05, 4.69) is 41.4 Å². The molecule has 0 saturated carbocycles. The standard InChI is InChI=1S/C15H24N2/c1-14-6-8-15(9-7-14)16-10-13-17-11-4-2-3-5-12-17/h6-9,16H,2-5,10-13H2,1H3. The van der Waals surface area contributed by atoms with Gasteiger partial charge in [-0.2, -0.15) is 0 Å². The molecule has 94 valence electrons. The summed E-state index contributed by atoms with van der Waals surface area (Å²) < 4.78 is 0. The molecule has 0 aromatic heterocycles. The zero-order valence-electron chi connectivity index (χ0n) is 10.9. The molecule has 0 bridgehead atoms. The summed E-state index contributed by atoms with van der Waals surface area (Å²) in [4.78, 5) is 2.59. The van der Waals surface area contributed by atoms with Crippen LogP contribution in [0.5, 0.6) is 0 Å². The van der Waals surface area contributed by atoms with Gasteiger partial charge in [-0.3, -0.25) is 0 Å². The number of hydrogen-bond donors (Lipinski definition) is 1. The first-order valence-corrected chi connectivity index (χ1v) is 6.87. The lowest BCUT2D eigenvalue weighted by Gasteiger charge is -2.20. The molecule has 1 aliphatic heterocycles. The average molecular weight is 232 g/mol. The van der Waals surface area contributed by atoms with Crippen molar-refractivity contribution in [3.05, 3.63) is 29.8 Å². The number of aryl methyl sites for hydroxylation is 1. The lowest BCUT2D eigenvalue weighted by molar-refractivity contribution is 0.296. The maximum Gasteiger partial charge on any atom is 0.0340 e. The van der Waals surface area contributed by atoms with Gasteiger partial charge in [0.1, 0.15) is 0 Å². The van der Waals surface area contributed by atoms with Crippen molar-refractivity contribution < 1.29 is 0 Å². The minimum atomic E-state index is 1.06. The van der Waals surface area contributed by atoms with Crippen LogP contribution in [0.25, 0.3) is 0 Å². The number of nitrogens with one attached hydrogen (secondary N) is 1. The normalized spacial score (nSPS) is 17.7. The SMILES string of the molecule is Cc1ccc(NCCN2CCCCCC2)cc1. The molecule has 0 radical (unpaired) electrons. The third-order valence-corrected chi connectivity index (χ3v) is 3.51. The smallest absolute Gasteiger partial charge is 0.0340 e. The molecule has 1 aromatic rings. The van der Waals surface area contributed by atoms with Gasteiger partial charge in [-0.25, -0.2) is 0 Å². The van der Waals surface area contributed by atoms with Crippen molar-refractivity contribution >= 4 is 5.69 Å². The van der Waals surface area contributed by atoms with E-state index in [4.69, 9.17) is 0 Å². The van der Waals surface area contributed by atoms with Crippen LogP contribution in [0.2, 0.25) is 0 Å². The van der Waals surface area contributed by atoms with E-state index in [0.717, 1.165) is 6.54 Å². The van der Waals surface area contributed by atoms with Gasteiger partial charge in [-0.05, 0) is 45.0 Å². The molecule has 1 fully saturated rings. The predicted octanol–water partition coefficient (Wildman–Crippen LogP) is 3.28. The first kappa shape index (κ1) is 12.4. The highest BCUT2D eigenvalue weighted by Gasteiger charge is 2.07.